The fourth-order valence-electron chi connectivity index (χ4n) is 3.64. The zero-order valence-electron chi connectivity index (χ0n) is 22.5. The van der Waals surface area contributed by atoms with Gasteiger partial charge in [-0.25, -0.2) is 0 Å². The molecule has 33 heavy (non-hydrogen) atoms. The monoisotopic (exact) mass is 469 g/mol. The Bertz CT molecular complexity index is 440. The number of ether oxygens (including phenoxy) is 3. The highest BCUT2D eigenvalue weighted by Gasteiger charge is 2.11. The normalized spacial score (nSPS) is 12.6. The van der Waals surface area contributed by atoms with Crippen molar-refractivity contribution in [2.24, 2.45) is 0 Å². The molecule has 0 saturated carbocycles. The highest BCUT2D eigenvalue weighted by molar-refractivity contribution is 5.68. The van der Waals surface area contributed by atoms with E-state index in [1.165, 1.54) is 71.3 Å². The number of methoxy groups -OCH3 is 1. The maximum Gasteiger partial charge on any atom is 0.305 e. The van der Waals surface area contributed by atoms with E-state index in [4.69, 9.17) is 9.47 Å². The third-order valence-electron chi connectivity index (χ3n) is 6.05. The van der Waals surface area contributed by atoms with Crippen LogP contribution < -0.4 is 0 Å². The van der Waals surface area contributed by atoms with E-state index in [0.717, 1.165) is 58.5 Å². The summed E-state index contributed by atoms with van der Waals surface area (Å²) in [4.78, 5) is 13.2. The largest absolute Gasteiger partial charge is 0.469 e. The first-order valence-corrected chi connectivity index (χ1v) is 13.7. The molecule has 0 aromatic rings. The summed E-state index contributed by atoms with van der Waals surface area (Å²) in [5.41, 5.74) is 0. The number of carbonyl (C=O) groups excluding carboxylic acids is 1. The fraction of sp³-hybridized carbons (Fsp3) is 0.893. The lowest BCUT2D eigenvalue weighted by Gasteiger charge is -2.24. The molecule has 0 aliphatic heterocycles. The number of nitrogens with zero attached hydrogens (tertiary/aromatic N) is 1. The SMILES string of the molecule is CCCCCCOCC(COCCCCCCCC/C=C\CCCCCC(=O)OC)N(C)C. The molecule has 0 rings (SSSR count). The zero-order valence-corrected chi connectivity index (χ0v) is 22.5. The average Bonchev–Trinajstić information content (AvgIpc) is 2.81. The van der Waals surface area contributed by atoms with Crippen LogP contribution in [0.2, 0.25) is 0 Å². The molecule has 0 bridgehead atoms. The zero-order chi connectivity index (χ0) is 24.4. The topological polar surface area (TPSA) is 48.0 Å². The maximum absolute atomic E-state index is 11.0. The number of unbranched alkanes of at least 4 members (excludes halogenated alkanes) is 12. The molecule has 0 spiro atoms. The summed E-state index contributed by atoms with van der Waals surface area (Å²) in [6.07, 6.45) is 23.4. The minimum absolute atomic E-state index is 0.0926. The van der Waals surface area contributed by atoms with Crippen molar-refractivity contribution in [2.75, 3.05) is 47.6 Å². The number of hydrogen-bond acceptors (Lipinski definition) is 5. The molecule has 196 valence electrons. The lowest BCUT2D eigenvalue weighted by atomic mass is 10.1. The van der Waals surface area contributed by atoms with E-state index >= 15 is 0 Å². The molecule has 0 saturated heterocycles. The van der Waals surface area contributed by atoms with Crippen LogP contribution in [0.5, 0.6) is 0 Å². The van der Waals surface area contributed by atoms with E-state index in [1.54, 1.807) is 0 Å². The first kappa shape index (κ1) is 32.1. The van der Waals surface area contributed by atoms with Gasteiger partial charge in [0.05, 0.1) is 26.4 Å². The van der Waals surface area contributed by atoms with Crippen LogP contribution in [0.25, 0.3) is 0 Å². The van der Waals surface area contributed by atoms with Crippen LogP contribution in [-0.4, -0.2) is 64.5 Å². The van der Waals surface area contributed by atoms with Gasteiger partial charge in [-0.1, -0.05) is 70.4 Å². The summed E-state index contributed by atoms with van der Waals surface area (Å²) in [7, 11) is 5.67. The molecule has 0 aliphatic carbocycles. The van der Waals surface area contributed by atoms with E-state index < -0.39 is 0 Å². The lowest BCUT2D eigenvalue weighted by Crippen LogP contribution is -2.37. The minimum atomic E-state index is -0.0926. The predicted molar refractivity (Wildman–Crippen MR) is 140 cm³/mol. The predicted octanol–water partition coefficient (Wildman–Crippen LogP) is 6.94. The molecule has 0 fully saturated rings. The van der Waals surface area contributed by atoms with Crippen molar-refractivity contribution in [3.63, 3.8) is 0 Å². The van der Waals surface area contributed by atoms with Gasteiger partial charge in [0.15, 0.2) is 0 Å². The summed E-state index contributed by atoms with van der Waals surface area (Å²) < 4.78 is 16.4. The van der Waals surface area contributed by atoms with E-state index in [2.05, 4.69) is 42.8 Å². The number of esters is 1. The van der Waals surface area contributed by atoms with Crippen molar-refractivity contribution >= 4 is 5.97 Å². The van der Waals surface area contributed by atoms with Gasteiger partial charge in [-0.15, -0.1) is 0 Å². The number of allylic oxidation sites excluding steroid dienone is 2. The second kappa shape index (κ2) is 25.7. The Morgan fingerprint density at radius 1 is 0.727 bits per heavy atom. The number of hydrogen-bond donors (Lipinski definition) is 0. The summed E-state index contributed by atoms with van der Waals surface area (Å²) in [5.74, 6) is -0.0926. The highest BCUT2D eigenvalue weighted by atomic mass is 16.5. The van der Waals surface area contributed by atoms with E-state index in [1.807, 2.05) is 0 Å². The van der Waals surface area contributed by atoms with E-state index in [0.29, 0.717) is 12.5 Å². The Labute approximate surface area is 205 Å². The average molecular weight is 470 g/mol. The van der Waals surface area contributed by atoms with E-state index in [-0.39, 0.29) is 5.97 Å². The molecule has 0 aromatic heterocycles. The van der Waals surface area contributed by atoms with Crippen molar-refractivity contribution in [1.29, 1.82) is 0 Å². The molecule has 0 N–H and O–H groups in total. The molecule has 0 radical (unpaired) electrons. The van der Waals surface area contributed by atoms with E-state index in [9.17, 15) is 4.79 Å². The molecule has 1 atom stereocenters. The highest BCUT2D eigenvalue weighted by Crippen LogP contribution is 2.09. The van der Waals surface area contributed by atoms with Gasteiger partial charge in [-0.3, -0.25) is 4.79 Å². The Hall–Kier alpha value is -0.910. The third kappa shape index (κ3) is 24.0. The molecule has 0 heterocycles. The van der Waals surface area contributed by atoms with Crippen molar-refractivity contribution in [1.82, 2.24) is 4.90 Å². The quantitative estimate of drug-likeness (QED) is 0.0823. The maximum atomic E-state index is 11.0. The molecule has 5 heteroatoms. The van der Waals surface area contributed by atoms with Gasteiger partial charge in [-0.2, -0.15) is 0 Å². The fourth-order valence-corrected chi connectivity index (χ4v) is 3.64. The third-order valence-corrected chi connectivity index (χ3v) is 6.05. The molecule has 0 amide bonds. The summed E-state index contributed by atoms with van der Waals surface area (Å²) >= 11 is 0. The van der Waals surface area contributed by atoms with Gasteiger partial charge >= 0.3 is 5.97 Å². The number of rotatable bonds is 25. The van der Waals surface area contributed by atoms with Crippen LogP contribution in [0.1, 0.15) is 110 Å². The number of carbonyl (C=O) groups is 1. The second-order valence-electron chi connectivity index (χ2n) is 9.38. The van der Waals surface area contributed by atoms with Crippen LogP contribution in [0, 0.1) is 0 Å². The Balaban J connectivity index is 3.40. The Kier molecular flexibility index (Phi) is 25.0. The van der Waals surface area contributed by atoms with Gasteiger partial charge in [0.1, 0.15) is 0 Å². The smallest absolute Gasteiger partial charge is 0.305 e. The van der Waals surface area contributed by atoms with Crippen LogP contribution in [0.3, 0.4) is 0 Å². The molecular weight excluding hydrogens is 414 g/mol. The van der Waals surface area contributed by atoms with Gasteiger partial charge in [0.25, 0.3) is 0 Å². The van der Waals surface area contributed by atoms with Gasteiger partial charge < -0.3 is 19.1 Å². The van der Waals surface area contributed by atoms with Crippen LogP contribution in [-0.2, 0) is 19.0 Å². The molecule has 0 aromatic carbocycles. The van der Waals surface area contributed by atoms with Crippen molar-refractivity contribution < 1.29 is 19.0 Å². The van der Waals surface area contributed by atoms with Gasteiger partial charge in [0, 0.05) is 19.6 Å². The summed E-state index contributed by atoms with van der Waals surface area (Å²) in [5, 5.41) is 0. The first-order chi connectivity index (χ1) is 16.1. The summed E-state index contributed by atoms with van der Waals surface area (Å²) in [6, 6.07) is 0.351. The van der Waals surface area contributed by atoms with Crippen molar-refractivity contribution in [3.05, 3.63) is 12.2 Å². The van der Waals surface area contributed by atoms with Crippen LogP contribution in [0.4, 0.5) is 0 Å². The molecular formula is C28H55NO4. The van der Waals surface area contributed by atoms with Gasteiger partial charge in [-0.05, 0) is 59.0 Å². The van der Waals surface area contributed by atoms with Crippen molar-refractivity contribution in [3.8, 4) is 0 Å². The molecule has 0 aliphatic rings. The number of likely N-dealkylation sites (N-methyl/N-ethyl adjacent to an activating group) is 1. The Morgan fingerprint density at radius 2 is 1.21 bits per heavy atom. The first-order valence-electron chi connectivity index (χ1n) is 13.7. The Morgan fingerprint density at radius 3 is 1.73 bits per heavy atom. The van der Waals surface area contributed by atoms with Crippen molar-refractivity contribution in [2.45, 2.75) is 116 Å². The summed E-state index contributed by atoms with van der Waals surface area (Å²) in [6.45, 7) is 5.51. The standard InChI is InChI=1S/C28H55NO4/c1-5-6-7-20-23-32-25-27(29(2)3)26-33-24-21-18-16-14-12-10-8-9-11-13-15-17-19-22-28(30)31-4/h9,11,27H,5-8,10,12-26H2,1-4H3/b11-9-. The second-order valence-corrected chi connectivity index (χ2v) is 9.38. The molecule has 1 unspecified atom stereocenters. The molecule has 5 nitrogen and oxygen atoms in total. The van der Waals surface area contributed by atoms with Gasteiger partial charge in [0.2, 0.25) is 0 Å². The minimum Gasteiger partial charge on any atom is -0.469 e. The van der Waals surface area contributed by atoms with Crippen LogP contribution >= 0.6 is 0 Å². The van der Waals surface area contributed by atoms with Crippen LogP contribution in [0.15, 0.2) is 12.2 Å². The lowest BCUT2D eigenvalue weighted by molar-refractivity contribution is -0.140.